The Hall–Kier alpha value is -1.27. The molecule has 5 heteroatoms. The molecule has 2 bridgehead atoms. The Balaban J connectivity index is 1.37. The minimum atomic E-state index is -0.666. The second-order valence-corrected chi connectivity index (χ2v) is 9.69. The highest BCUT2D eigenvalue weighted by Crippen LogP contribution is 2.71. The number of methoxy groups -OCH3 is 1. The van der Waals surface area contributed by atoms with Crippen molar-refractivity contribution in [2.75, 3.05) is 20.3 Å². The van der Waals surface area contributed by atoms with E-state index in [1.165, 1.54) is 20.0 Å². The van der Waals surface area contributed by atoms with Gasteiger partial charge in [0, 0.05) is 13.5 Å². The van der Waals surface area contributed by atoms with E-state index < -0.39 is 6.10 Å². The van der Waals surface area contributed by atoms with E-state index in [9.17, 15) is 4.79 Å². The van der Waals surface area contributed by atoms with Crippen LogP contribution in [0.3, 0.4) is 0 Å². The van der Waals surface area contributed by atoms with Crippen LogP contribution in [0.15, 0.2) is 30.3 Å². The first-order valence-corrected chi connectivity index (χ1v) is 10.8. The molecule has 0 spiro atoms. The first-order chi connectivity index (χ1) is 13.9. The number of fused-ring (bicyclic) bond motifs is 5. The second-order valence-electron chi connectivity index (χ2n) is 9.69. The summed E-state index contributed by atoms with van der Waals surface area (Å²) in [6, 6.07) is 9.94. The van der Waals surface area contributed by atoms with Crippen LogP contribution in [0.25, 0.3) is 0 Å². The molecule has 0 aromatic heterocycles. The topological polar surface area (TPSA) is 54.0 Å². The minimum absolute atomic E-state index is 0.0202. The smallest absolute Gasteiger partial charge is 0.189 e. The fourth-order valence-electron chi connectivity index (χ4n) is 6.06. The molecule has 3 fully saturated rings. The summed E-state index contributed by atoms with van der Waals surface area (Å²) in [6.07, 6.45) is 2.57. The van der Waals surface area contributed by atoms with Gasteiger partial charge >= 0.3 is 0 Å². The summed E-state index contributed by atoms with van der Waals surface area (Å²) in [5, 5.41) is 0. The molecule has 160 valence electrons. The molecule has 6 atom stereocenters. The van der Waals surface area contributed by atoms with Crippen LogP contribution < -0.4 is 0 Å². The maximum Gasteiger partial charge on any atom is 0.189 e. The van der Waals surface area contributed by atoms with Crippen molar-refractivity contribution in [1.82, 2.24) is 0 Å². The maximum absolute atomic E-state index is 12.5. The van der Waals surface area contributed by atoms with E-state index in [4.69, 9.17) is 18.9 Å². The van der Waals surface area contributed by atoms with Gasteiger partial charge in [-0.25, -0.2) is 0 Å². The van der Waals surface area contributed by atoms with Gasteiger partial charge in [0.05, 0.1) is 19.3 Å². The first kappa shape index (κ1) is 21.0. The van der Waals surface area contributed by atoms with Gasteiger partial charge in [-0.05, 0) is 41.1 Å². The van der Waals surface area contributed by atoms with Crippen molar-refractivity contribution in [1.29, 1.82) is 0 Å². The standard InChI is InChI=1S/C24H34O5/c1-23(2)18-10-11-24(23,3)22-17(18)12-21(29-22)28-20(19(25)14-26-4)15-27-13-16-8-6-5-7-9-16/h5-9,17-18,20-22H,10-15H2,1-4H3/t17-,18+,20+,21-,22-,24-/m0/s1. The Kier molecular flexibility index (Phi) is 5.86. The normalized spacial score (nSPS) is 35.6. The Morgan fingerprint density at radius 1 is 1.24 bits per heavy atom. The summed E-state index contributed by atoms with van der Waals surface area (Å²) in [7, 11) is 1.52. The van der Waals surface area contributed by atoms with E-state index in [2.05, 4.69) is 20.8 Å². The van der Waals surface area contributed by atoms with Crippen molar-refractivity contribution in [3.8, 4) is 0 Å². The van der Waals surface area contributed by atoms with E-state index in [0.29, 0.717) is 23.9 Å². The molecule has 1 aromatic rings. The summed E-state index contributed by atoms with van der Waals surface area (Å²) in [5.74, 6) is 1.10. The van der Waals surface area contributed by atoms with Crippen molar-refractivity contribution in [3.63, 3.8) is 0 Å². The predicted molar refractivity (Wildman–Crippen MR) is 109 cm³/mol. The van der Waals surface area contributed by atoms with Crippen LogP contribution in [0, 0.1) is 22.7 Å². The van der Waals surface area contributed by atoms with Crippen molar-refractivity contribution in [3.05, 3.63) is 35.9 Å². The molecule has 5 nitrogen and oxygen atoms in total. The lowest BCUT2D eigenvalue weighted by atomic mass is 9.70. The highest BCUT2D eigenvalue weighted by molar-refractivity contribution is 5.84. The molecule has 0 N–H and O–H groups in total. The lowest BCUT2D eigenvalue weighted by Crippen LogP contribution is -2.39. The summed E-state index contributed by atoms with van der Waals surface area (Å²) in [6.45, 7) is 7.84. The Labute approximate surface area is 174 Å². The van der Waals surface area contributed by atoms with E-state index in [1.54, 1.807) is 0 Å². The zero-order chi connectivity index (χ0) is 20.6. The minimum Gasteiger partial charge on any atom is -0.377 e. The maximum atomic E-state index is 12.5. The molecule has 0 radical (unpaired) electrons. The molecule has 4 rings (SSSR count). The van der Waals surface area contributed by atoms with Crippen LogP contribution in [0.1, 0.15) is 45.6 Å². The van der Waals surface area contributed by atoms with Crippen LogP contribution in [0.2, 0.25) is 0 Å². The van der Waals surface area contributed by atoms with Crippen LogP contribution in [0.5, 0.6) is 0 Å². The Bertz CT molecular complexity index is 717. The van der Waals surface area contributed by atoms with Crippen molar-refractivity contribution >= 4 is 5.78 Å². The summed E-state index contributed by atoms with van der Waals surface area (Å²) >= 11 is 0. The zero-order valence-corrected chi connectivity index (χ0v) is 18.1. The first-order valence-electron chi connectivity index (χ1n) is 10.8. The highest BCUT2D eigenvalue weighted by Gasteiger charge is 2.69. The molecule has 1 aliphatic heterocycles. The summed E-state index contributed by atoms with van der Waals surface area (Å²) < 4.78 is 23.4. The van der Waals surface area contributed by atoms with Crippen LogP contribution in [0.4, 0.5) is 0 Å². The van der Waals surface area contributed by atoms with Gasteiger partial charge in [0.15, 0.2) is 12.1 Å². The third kappa shape index (κ3) is 3.67. The van der Waals surface area contributed by atoms with Crippen molar-refractivity contribution in [2.45, 2.75) is 65.1 Å². The van der Waals surface area contributed by atoms with Crippen LogP contribution in [-0.2, 0) is 30.3 Å². The number of hydrogen-bond acceptors (Lipinski definition) is 5. The molecular weight excluding hydrogens is 368 g/mol. The molecule has 1 heterocycles. The van der Waals surface area contributed by atoms with Crippen LogP contribution >= 0.6 is 0 Å². The second kappa shape index (κ2) is 8.10. The third-order valence-electron chi connectivity index (χ3n) is 8.01. The molecule has 1 saturated heterocycles. The van der Waals surface area contributed by atoms with E-state index in [0.717, 1.165) is 12.0 Å². The molecule has 0 unspecified atom stereocenters. The van der Waals surface area contributed by atoms with Gasteiger partial charge in [-0.1, -0.05) is 51.1 Å². The molecule has 29 heavy (non-hydrogen) atoms. The van der Waals surface area contributed by atoms with E-state index in [-0.39, 0.29) is 36.8 Å². The lowest BCUT2D eigenvalue weighted by Gasteiger charge is -2.38. The van der Waals surface area contributed by atoms with Gasteiger partial charge in [-0.3, -0.25) is 4.79 Å². The van der Waals surface area contributed by atoms with Gasteiger partial charge < -0.3 is 18.9 Å². The summed E-state index contributed by atoms with van der Waals surface area (Å²) in [4.78, 5) is 12.5. The predicted octanol–water partition coefficient (Wildman–Crippen LogP) is 3.99. The molecule has 3 aliphatic rings. The quantitative estimate of drug-likeness (QED) is 0.625. The number of carbonyl (C=O) groups excluding carboxylic acids is 1. The monoisotopic (exact) mass is 402 g/mol. The van der Waals surface area contributed by atoms with Crippen molar-refractivity contribution in [2.24, 2.45) is 22.7 Å². The number of hydrogen-bond donors (Lipinski definition) is 0. The van der Waals surface area contributed by atoms with Crippen LogP contribution in [-0.4, -0.2) is 44.6 Å². The van der Waals surface area contributed by atoms with Gasteiger partial charge in [0.1, 0.15) is 12.7 Å². The van der Waals surface area contributed by atoms with Gasteiger partial charge in [-0.2, -0.15) is 0 Å². The van der Waals surface area contributed by atoms with Gasteiger partial charge in [0.25, 0.3) is 0 Å². The van der Waals surface area contributed by atoms with Crippen molar-refractivity contribution < 1.29 is 23.7 Å². The number of ketones is 1. The molecule has 2 saturated carbocycles. The number of benzene rings is 1. The third-order valence-corrected chi connectivity index (χ3v) is 8.01. The van der Waals surface area contributed by atoms with Gasteiger partial charge in [-0.15, -0.1) is 0 Å². The summed E-state index contributed by atoms with van der Waals surface area (Å²) in [5.41, 5.74) is 1.57. The highest BCUT2D eigenvalue weighted by atomic mass is 16.7. The number of ether oxygens (including phenoxy) is 4. The number of Topliss-reactive ketones (excluding diaryl/α,β-unsaturated/α-hetero) is 1. The van der Waals surface area contributed by atoms with E-state index in [1.807, 2.05) is 30.3 Å². The zero-order valence-electron chi connectivity index (χ0n) is 18.1. The Morgan fingerprint density at radius 2 is 2.00 bits per heavy atom. The average Bonchev–Trinajstić information content (AvgIpc) is 3.26. The van der Waals surface area contributed by atoms with Gasteiger partial charge in [0.2, 0.25) is 0 Å². The fourth-order valence-corrected chi connectivity index (χ4v) is 6.06. The average molecular weight is 403 g/mol. The molecule has 1 aromatic carbocycles. The fraction of sp³-hybridized carbons (Fsp3) is 0.708. The lowest BCUT2D eigenvalue weighted by molar-refractivity contribution is -0.198. The molecular formula is C24H34O5. The number of rotatable bonds is 9. The molecule has 2 aliphatic carbocycles. The largest absolute Gasteiger partial charge is 0.377 e. The van der Waals surface area contributed by atoms with E-state index >= 15 is 0 Å². The number of carbonyl (C=O) groups is 1. The molecule has 0 amide bonds. The Morgan fingerprint density at radius 3 is 2.69 bits per heavy atom. The SMILES string of the molecule is COCC(=O)[C@@H](COCc1ccccc1)O[C@@H]1C[C@H]2[C@H]3CC[C@@](C)([C@H]2O1)C3(C)C.